The standard InChI is InChI=1S/C13H15ClN2O/c1-2-3-4-5-13(17)16-12-8-10(9-15)6-7-11(12)14/h6-8H,2-5H2,1H3,(H,16,17). The predicted octanol–water partition coefficient (Wildman–Crippen LogP) is 3.73. The lowest BCUT2D eigenvalue weighted by molar-refractivity contribution is -0.116. The summed E-state index contributed by atoms with van der Waals surface area (Å²) in [6.45, 7) is 2.09. The normalized spacial score (nSPS) is 9.71. The first-order valence-electron chi connectivity index (χ1n) is 5.67. The molecule has 0 spiro atoms. The molecule has 90 valence electrons. The molecule has 0 aliphatic rings. The van der Waals surface area contributed by atoms with E-state index in [0.717, 1.165) is 19.3 Å². The molecule has 0 bridgehead atoms. The number of amides is 1. The Morgan fingerprint density at radius 3 is 2.88 bits per heavy atom. The Morgan fingerprint density at radius 2 is 2.24 bits per heavy atom. The molecule has 1 amide bonds. The van der Waals surface area contributed by atoms with E-state index in [1.54, 1.807) is 18.2 Å². The SMILES string of the molecule is CCCCCC(=O)Nc1cc(C#N)ccc1Cl. The molecular formula is C13H15ClN2O. The Kier molecular flexibility index (Phi) is 5.51. The summed E-state index contributed by atoms with van der Waals surface area (Å²) in [6.07, 6.45) is 3.48. The van der Waals surface area contributed by atoms with Crippen LogP contribution in [0.15, 0.2) is 18.2 Å². The average Bonchev–Trinajstić information content (AvgIpc) is 2.32. The second-order valence-corrected chi connectivity index (χ2v) is 4.22. The third kappa shape index (κ3) is 4.46. The Labute approximate surface area is 106 Å². The number of nitrogens with zero attached hydrogens (tertiary/aromatic N) is 1. The summed E-state index contributed by atoms with van der Waals surface area (Å²) in [5, 5.41) is 11.9. The largest absolute Gasteiger partial charge is 0.325 e. The zero-order valence-corrected chi connectivity index (χ0v) is 10.5. The predicted molar refractivity (Wildman–Crippen MR) is 68.9 cm³/mol. The summed E-state index contributed by atoms with van der Waals surface area (Å²) in [5.74, 6) is -0.0598. The summed E-state index contributed by atoms with van der Waals surface area (Å²) >= 11 is 5.93. The van der Waals surface area contributed by atoms with Crippen molar-refractivity contribution in [3.05, 3.63) is 28.8 Å². The third-order valence-electron chi connectivity index (χ3n) is 2.38. The van der Waals surface area contributed by atoms with Crippen molar-refractivity contribution in [3.63, 3.8) is 0 Å². The Morgan fingerprint density at radius 1 is 1.47 bits per heavy atom. The van der Waals surface area contributed by atoms with Gasteiger partial charge in [-0.05, 0) is 24.6 Å². The molecule has 3 nitrogen and oxygen atoms in total. The van der Waals surface area contributed by atoms with Crippen molar-refractivity contribution in [2.24, 2.45) is 0 Å². The fourth-order valence-corrected chi connectivity index (χ4v) is 1.60. The van der Waals surface area contributed by atoms with Crippen LogP contribution in [0.5, 0.6) is 0 Å². The lowest BCUT2D eigenvalue weighted by Gasteiger charge is -2.07. The van der Waals surface area contributed by atoms with E-state index < -0.39 is 0 Å². The molecule has 0 aromatic heterocycles. The van der Waals surface area contributed by atoms with Gasteiger partial charge in [0.2, 0.25) is 5.91 Å². The van der Waals surface area contributed by atoms with Crippen molar-refractivity contribution in [2.75, 3.05) is 5.32 Å². The van der Waals surface area contributed by atoms with E-state index in [1.165, 1.54) is 0 Å². The van der Waals surface area contributed by atoms with E-state index in [-0.39, 0.29) is 5.91 Å². The minimum atomic E-state index is -0.0598. The van der Waals surface area contributed by atoms with Crippen molar-refractivity contribution in [2.45, 2.75) is 32.6 Å². The number of rotatable bonds is 5. The smallest absolute Gasteiger partial charge is 0.224 e. The molecule has 0 saturated carbocycles. The molecule has 0 fully saturated rings. The van der Waals surface area contributed by atoms with Gasteiger partial charge in [0.1, 0.15) is 0 Å². The average molecular weight is 251 g/mol. The number of carbonyl (C=O) groups is 1. The molecule has 0 radical (unpaired) electrons. The van der Waals surface area contributed by atoms with Crippen molar-refractivity contribution in [1.82, 2.24) is 0 Å². The molecule has 0 aliphatic heterocycles. The maximum Gasteiger partial charge on any atom is 0.224 e. The summed E-state index contributed by atoms with van der Waals surface area (Å²) in [5.41, 5.74) is 0.991. The molecule has 0 unspecified atom stereocenters. The summed E-state index contributed by atoms with van der Waals surface area (Å²) in [4.78, 5) is 11.6. The van der Waals surface area contributed by atoms with E-state index in [0.29, 0.717) is 22.7 Å². The van der Waals surface area contributed by atoms with Gasteiger partial charge < -0.3 is 5.32 Å². The summed E-state index contributed by atoms with van der Waals surface area (Å²) in [6, 6.07) is 6.83. The first kappa shape index (κ1) is 13.5. The molecular weight excluding hydrogens is 236 g/mol. The lowest BCUT2D eigenvalue weighted by atomic mass is 10.2. The number of nitriles is 1. The van der Waals surface area contributed by atoms with Crippen molar-refractivity contribution < 1.29 is 4.79 Å². The van der Waals surface area contributed by atoms with E-state index in [4.69, 9.17) is 16.9 Å². The highest BCUT2D eigenvalue weighted by molar-refractivity contribution is 6.33. The Hall–Kier alpha value is -1.53. The molecule has 0 aliphatic carbocycles. The van der Waals surface area contributed by atoms with Gasteiger partial charge in [-0.15, -0.1) is 0 Å². The number of anilines is 1. The van der Waals surface area contributed by atoms with Crippen LogP contribution < -0.4 is 5.32 Å². The van der Waals surface area contributed by atoms with E-state index in [9.17, 15) is 4.79 Å². The molecule has 1 aromatic rings. The van der Waals surface area contributed by atoms with Crippen LogP contribution in [-0.2, 0) is 4.79 Å². The van der Waals surface area contributed by atoms with E-state index >= 15 is 0 Å². The Balaban J connectivity index is 2.61. The van der Waals surface area contributed by atoms with Gasteiger partial charge in [-0.25, -0.2) is 0 Å². The monoisotopic (exact) mass is 250 g/mol. The van der Waals surface area contributed by atoms with Crippen LogP contribution in [0.25, 0.3) is 0 Å². The van der Waals surface area contributed by atoms with Crippen LogP contribution in [0.4, 0.5) is 5.69 Å². The van der Waals surface area contributed by atoms with Gasteiger partial charge >= 0.3 is 0 Å². The first-order valence-corrected chi connectivity index (χ1v) is 6.04. The molecule has 0 saturated heterocycles. The van der Waals surface area contributed by atoms with E-state index in [2.05, 4.69) is 12.2 Å². The second kappa shape index (κ2) is 6.93. The van der Waals surface area contributed by atoms with Gasteiger partial charge in [0, 0.05) is 6.42 Å². The molecule has 0 heterocycles. The van der Waals surface area contributed by atoms with Crippen LogP contribution in [-0.4, -0.2) is 5.91 Å². The third-order valence-corrected chi connectivity index (χ3v) is 2.71. The van der Waals surface area contributed by atoms with Crippen molar-refractivity contribution in [1.29, 1.82) is 5.26 Å². The highest BCUT2D eigenvalue weighted by Crippen LogP contribution is 2.23. The quantitative estimate of drug-likeness (QED) is 0.810. The number of hydrogen-bond acceptors (Lipinski definition) is 2. The highest BCUT2D eigenvalue weighted by Gasteiger charge is 2.06. The number of nitrogens with one attached hydrogen (secondary N) is 1. The van der Waals surface area contributed by atoms with Crippen LogP contribution in [0.2, 0.25) is 5.02 Å². The molecule has 1 N–H and O–H groups in total. The number of benzene rings is 1. The van der Waals surface area contributed by atoms with Gasteiger partial charge in [0.25, 0.3) is 0 Å². The highest BCUT2D eigenvalue weighted by atomic mass is 35.5. The fraction of sp³-hybridized carbons (Fsp3) is 0.385. The maximum absolute atomic E-state index is 11.6. The minimum absolute atomic E-state index is 0.0598. The number of hydrogen-bond donors (Lipinski definition) is 1. The molecule has 1 rings (SSSR count). The van der Waals surface area contributed by atoms with Gasteiger partial charge in [0.15, 0.2) is 0 Å². The number of halogens is 1. The maximum atomic E-state index is 11.6. The van der Waals surface area contributed by atoms with E-state index in [1.807, 2.05) is 6.07 Å². The minimum Gasteiger partial charge on any atom is -0.325 e. The van der Waals surface area contributed by atoms with Crippen LogP contribution in [0.1, 0.15) is 38.2 Å². The Bertz CT molecular complexity index is 438. The molecule has 1 aromatic carbocycles. The summed E-state index contributed by atoms with van der Waals surface area (Å²) < 4.78 is 0. The molecule has 17 heavy (non-hydrogen) atoms. The number of unbranched alkanes of at least 4 members (excludes halogenated alkanes) is 2. The lowest BCUT2D eigenvalue weighted by Crippen LogP contribution is -2.11. The number of carbonyl (C=O) groups excluding carboxylic acids is 1. The first-order chi connectivity index (χ1) is 8.17. The van der Waals surface area contributed by atoms with Crippen LogP contribution in [0.3, 0.4) is 0 Å². The fourth-order valence-electron chi connectivity index (χ4n) is 1.44. The van der Waals surface area contributed by atoms with Crippen LogP contribution >= 0.6 is 11.6 Å². The second-order valence-electron chi connectivity index (χ2n) is 3.81. The van der Waals surface area contributed by atoms with Gasteiger partial charge in [0.05, 0.1) is 22.3 Å². The molecule has 0 atom stereocenters. The van der Waals surface area contributed by atoms with Crippen molar-refractivity contribution >= 4 is 23.2 Å². The van der Waals surface area contributed by atoms with Gasteiger partial charge in [-0.3, -0.25) is 4.79 Å². The van der Waals surface area contributed by atoms with Gasteiger partial charge in [-0.2, -0.15) is 5.26 Å². The van der Waals surface area contributed by atoms with Crippen LogP contribution in [0, 0.1) is 11.3 Å². The topological polar surface area (TPSA) is 52.9 Å². The summed E-state index contributed by atoms with van der Waals surface area (Å²) in [7, 11) is 0. The molecule has 4 heteroatoms. The van der Waals surface area contributed by atoms with Gasteiger partial charge in [-0.1, -0.05) is 31.4 Å². The zero-order valence-electron chi connectivity index (χ0n) is 9.79. The van der Waals surface area contributed by atoms with Crippen molar-refractivity contribution in [3.8, 4) is 6.07 Å². The zero-order chi connectivity index (χ0) is 12.7.